The molecule has 4 bridgehead atoms. The van der Waals surface area contributed by atoms with Crippen LogP contribution in [0.2, 0.25) is 0 Å². The summed E-state index contributed by atoms with van der Waals surface area (Å²) in [6.07, 6.45) is 7.22. The molecule has 0 heterocycles. The van der Waals surface area contributed by atoms with E-state index in [2.05, 4.69) is 13.0 Å². The van der Waals surface area contributed by atoms with E-state index >= 15 is 0 Å². The number of rotatable bonds is 3. The topological polar surface area (TPSA) is 44.1 Å². The summed E-state index contributed by atoms with van der Waals surface area (Å²) in [6, 6.07) is 2.15. The first kappa shape index (κ1) is 13.0. The average Bonchev–Trinajstić information content (AvgIpc) is 2.32. The molecule has 0 saturated heterocycles. The van der Waals surface area contributed by atoms with Crippen molar-refractivity contribution in [3.63, 3.8) is 0 Å². The summed E-state index contributed by atoms with van der Waals surface area (Å²) in [4.78, 5) is 14.7. The van der Waals surface area contributed by atoms with E-state index in [0.717, 1.165) is 31.1 Å². The van der Waals surface area contributed by atoms with Crippen molar-refractivity contribution >= 4 is 5.91 Å². The maximum Gasteiger partial charge on any atom is 0.229 e. The SMILES string of the molecule is CCN(CC#N)C(=O)C12CC3CC(CC(C)(C3)C1)C2. The summed E-state index contributed by atoms with van der Waals surface area (Å²) in [7, 11) is 0. The molecule has 2 unspecified atom stereocenters. The lowest BCUT2D eigenvalue weighted by Gasteiger charge is -2.61. The quantitative estimate of drug-likeness (QED) is 0.732. The minimum Gasteiger partial charge on any atom is -0.329 e. The zero-order chi connectivity index (χ0) is 13.7. The monoisotopic (exact) mass is 260 g/mol. The van der Waals surface area contributed by atoms with Gasteiger partial charge >= 0.3 is 0 Å². The molecule has 4 rings (SSSR count). The highest BCUT2D eigenvalue weighted by atomic mass is 16.2. The number of carbonyl (C=O) groups is 1. The lowest BCUT2D eigenvalue weighted by Crippen LogP contribution is -2.57. The first-order valence-electron chi connectivity index (χ1n) is 7.67. The molecule has 0 N–H and O–H groups in total. The summed E-state index contributed by atoms with van der Waals surface area (Å²) in [5.74, 6) is 1.80. The molecule has 3 heteroatoms. The fourth-order valence-electron chi connectivity index (χ4n) is 5.72. The normalized spacial score (nSPS) is 43.0. The smallest absolute Gasteiger partial charge is 0.229 e. The van der Waals surface area contributed by atoms with Gasteiger partial charge in [-0.3, -0.25) is 4.79 Å². The van der Waals surface area contributed by atoms with Crippen LogP contribution < -0.4 is 0 Å². The molecule has 2 atom stereocenters. The van der Waals surface area contributed by atoms with Gasteiger partial charge in [-0.15, -0.1) is 0 Å². The molecular formula is C16H24N2O. The number of amides is 1. The van der Waals surface area contributed by atoms with Crippen molar-refractivity contribution in [2.45, 2.75) is 52.4 Å². The Morgan fingerprint density at radius 3 is 2.42 bits per heavy atom. The number of nitriles is 1. The Morgan fingerprint density at radius 2 is 1.95 bits per heavy atom. The van der Waals surface area contributed by atoms with Gasteiger partial charge in [-0.2, -0.15) is 5.26 Å². The predicted octanol–water partition coefficient (Wildman–Crippen LogP) is 2.96. The zero-order valence-corrected chi connectivity index (χ0v) is 12.1. The molecule has 4 saturated carbocycles. The van der Waals surface area contributed by atoms with E-state index in [9.17, 15) is 4.79 Å². The first-order chi connectivity index (χ1) is 9.00. The fourth-order valence-corrected chi connectivity index (χ4v) is 5.72. The van der Waals surface area contributed by atoms with Crippen LogP contribution in [-0.4, -0.2) is 23.9 Å². The molecule has 0 aromatic rings. The van der Waals surface area contributed by atoms with Crippen LogP contribution in [0.4, 0.5) is 0 Å². The van der Waals surface area contributed by atoms with Crippen LogP contribution in [0, 0.1) is 34.0 Å². The molecular weight excluding hydrogens is 236 g/mol. The highest BCUT2D eigenvalue weighted by Gasteiger charge is 2.59. The Kier molecular flexibility index (Phi) is 2.89. The molecule has 4 aliphatic carbocycles. The second-order valence-electron chi connectivity index (χ2n) is 7.53. The molecule has 0 aromatic carbocycles. The van der Waals surface area contributed by atoms with Crippen LogP contribution in [0.1, 0.15) is 52.4 Å². The van der Waals surface area contributed by atoms with E-state index in [0.29, 0.717) is 12.0 Å². The third kappa shape index (κ3) is 1.96. The van der Waals surface area contributed by atoms with E-state index in [1.807, 2.05) is 6.92 Å². The number of hydrogen-bond acceptors (Lipinski definition) is 2. The second-order valence-corrected chi connectivity index (χ2v) is 7.53. The van der Waals surface area contributed by atoms with Gasteiger partial charge in [-0.25, -0.2) is 0 Å². The van der Waals surface area contributed by atoms with Crippen LogP contribution in [0.5, 0.6) is 0 Å². The number of nitrogens with zero attached hydrogens (tertiary/aromatic N) is 2. The van der Waals surface area contributed by atoms with Crippen LogP contribution in [0.15, 0.2) is 0 Å². The molecule has 0 spiro atoms. The zero-order valence-electron chi connectivity index (χ0n) is 12.1. The van der Waals surface area contributed by atoms with Crippen molar-refractivity contribution in [2.75, 3.05) is 13.1 Å². The molecule has 0 aromatic heterocycles. The lowest BCUT2D eigenvalue weighted by molar-refractivity contribution is -0.165. The van der Waals surface area contributed by atoms with Gasteiger partial charge in [0.1, 0.15) is 6.54 Å². The maximum atomic E-state index is 12.9. The van der Waals surface area contributed by atoms with Crippen molar-refractivity contribution in [3.8, 4) is 6.07 Å². The van der Waals surface area contributed by atoms with Gasteiger partial charge in [-0.05, 0) is 62.7 Å². The van der Waals surface area contributed by atoms with Crippen molar-refractivity contribution in [1.29, 1.82) is 5.26 Å². The number of hydrogen-bond donors (Lipinski definition) is 0. The number of carbonyl (C=O) groups excluding carboxylic acids is 1. The van der Waals surface area contributed by atoms with E-state index < -0.39 is 0 Å². The largest absolute Gasteiger partial charge is 0.329 e. The Morgan fingerprint density at radius 1 is 1.32 bits per heavy atom. The van der Waals surface area contributed by atoms with E-state index in [1.165, 1.54) is 19.3 Å². The van der Waals surface area contributed by atoms with Gasteiger partial charge in [-0.1, -0.05) is 6.92 Å². The maximum absolute atomic E-state index is 12.9. The van der Waals surface area contributed by atoms with E-state index in [4.69, 9.17) is 5.26 Å². The molecule has 19 heavy (non-hydrogen) atoms. The van der Waals surface area contributed by atoms with Crippen LogP contribution in [0.25, 0.3) is 0 Å². The predicted molar refractivity (Wildman–Crippen MR) is 73.1 cm³/mol. The molecule has 1 amide bonds. The van der Waals surface area contributed by atoms with E-state index in [1.54, 1.807) is 4.90 Å². The summed E-state index contributed by atoms with van der Waals surface area (Å²) < 4.78 is 0. The third-order valence-electron chi connectivity index (χ3n) is 5.74. The molecule has 4 aliphatic rings. The Hall–Kier alpha value is -1.04. The summed E-state index contributed by atoms with van der Waals surface area (Å²) in [5.41, 5.74) is 0.275. The van der Waals surface area contributed by atoms with Crippen LogP contribution >= 0.6 is 0 Å². The minimum atomic E-state index is -0.119. The fraction of sp³-hybridized carbons (Fsp3) is 0.875. The summed E-state index contributed by atoms with van der Waals surface area (Å²) in [6.45, 7) is 5.29. The van der Waals surface area contributed by atoms with Crippen molar-refractivity contribution in [1.82, 2.24) is 4.90 Å². The van der Waals surface area contributed by atoms with Gasteiger partial charge in [0, 0.05) is 6.54 Å². The van der Waals surface area contributed by atoms with Gasteiger partial charge in [0.2, 0.25) is 5.91 Å². The van der Waals surface area contributed by atoms with Gasteiger partial charge < -0.3 is 4.90 Å². The molecule has 0 aliphatic heterocycles. The van der Waals surface area contributed by atoms with Crippen molar-refractivity contribution in [2.24, 2.45) is 22.7 Å². The highest BCUT2D eigenvalue weighted by Crippen LogP contribution is 2.65. The van der Waals surface area contributed by atoms with E-state index in [-0.39, 0.29) is 17.9 Å². The van der Waals surface area contributed by atoms with Gasteiger partial charge in [0.15, 0.2) is 0 Å². The minimum absolute atomic E-state index is 0.119. The van der Waals surface area contributed by atoms with Crippen LogP contribution in [0.3, 0.4) is 0 Å². The Balaban J connectivity index is 1.87. The van der Waals surface area contributed by atoms with Crippen molar-refractivity contribution < 1.29 is 4.79 Å². The summed E-state index contributed by atoms with van der Waals surface area (Å²) >= 11 is 0. The van der Waals surface area contributed by atoms with Gasteiger partial charge in [0.05, 0.1) is 11.5 Å². The van der Waals surface area contributed by atoms with Crippen LogP contribution in [-0.2, 0) is 4.79 Å². The highest BCUT2D eigenvalue weighted by molar-refractivity contribution is 5.83. The average molecular weight is 260 g/mol. The third-order valence-corrected chi connectivity index (χ3v) is 5.74. The lowest BCUT2D eigenvalue weighted by atomic mass is 9.44. The van der Waals surface area contributed by atoms with Gasteiger partial charge in [0.25, 0.3) is 0 Å². The first-order valence-corrected chi connectivity index (χ1v) is 7.67. The standard InChI is InChI=1S/C16H24N2O/c1-3-18(5-4-17)14(19)16-9-12-6-13(10-16)8-15(2,7-12)11-16/h12-13H,3,5-11H2,1-2H3. The molecule has 0 radical (unpaired) electrons. The Labute approximate surface area is 116 Å². The summed E-state index contributed by atoms with van der Waals surface area (Å²) in [5, 5.41) is 8.91. The van der Waals surface area contributed by atoms with Crippen molar-refractivity contribution in [3.05, 3.63) is 0 Å². The molecule has 104 valence electrons. The molecule has 4 fully saturated rings. The molecule has 3 nitrogen and oxygen atoms in total. The second kappa shape index (κ2) is 4.23. The Bertz CT molecular complexity index is 423.